The third-order valence-electron chi connectivity index (χ3n) is 6.92. The van der Waals surface area contributed by atoms with E-state index in [1.54, 1.807) is 7.11 Å². The Morgan fingerprint density at radius 2 is 2.06 bits per heavy atom. The van der Waals surface area contributed by atoms with Gasteiger partial charge in [0, 0.05) is 50.4 Å². The van der Waals surface area contributed by atoms with Crippen LogP contribution in [-0.2, 0) is 13.0 Å². The highest BCUT2D eigenvalue weighted by molar-refractivity contribution is 5.98. The lowest BCUT2D eigenvalue weighted by Crippen LogP contribution is -2.37. The molecular weight excluding hydrogens is 404 g/mol. The zero-order valence-electron chi connectivity index (χ0n) is 19.0. The van der Waals surface area contributed by atoms with E-state index < -0.39 is 0 Å². The molecule has 3 aliphatic rings. The zero-order chi connectivity index (χ0) is 22.1. The summed E-state index contributed by atoms with van der Waals surface area (Å²) in [6, 6.07) is 5.97. The van der Waals surface area contributed by atoms with E-state index in [1.165, 1.54) is 12.8 Å². The minimum Gasteiger partial charge on any atom is -0.496 e. The Kier molecular flexibility index (Phi) is 5.87. The molecule has 8 heteroatoms. The third-order valence-corrected chi connectivity index (χ3v) is 6.92. The van der Waals surface area contributed by atoms with E-state index in [9.17, 15) is 4.79 Å². The maximum Gasteiger partial charge on any atom is 0.258 e. The molecule has 0 aliphatic carbocycles. The number of anilines is 2. The highest BCUT2D eigenvalue weighted by Gasteiger charge is 2.30. The van der Waals surface area contributed by atoms with Gasteiger partial charge in [-0.3, -0.25) is 4.79 Å². The third kappa shape index (κ3) is 3.88. The second-order valence-corrected chi connectivity index (χ2v) is 8.85. The van der Waals surface area contributed by atoms with Gasteiger partial charge in [0.05, 0.1) is 24.9 Å². The molecule has 0 spiro atoms. The topological polar surface area (TPSA) is 82.6 Å². The van der Waals surface area contributed by atoms with E-state index in [0.29, 0.717) is 30.3 Å². The number of rotatable bonds is 5. The number of hydrogen-bond donors (Lipinski definition) is 2. The molecule has 8 nitrogen and oxygen atoms in total. The van der Waals surface area contributed by atoms with Crippen molar-refractivity contribution in [3.8, 4) is 5.75 Å². The van der Waals surface area contributed by atoms with Crippen molar-refractivity contribution in [2.75, 3.05) is 57.1 Å². The summed E-state index contributed by atoms with van der Waals surface area (Å²) in [5.41, 5.74) is 3.81. The fourth-order valence-electron chi connectivity index (χ4n) is 5.09. The lowest BCUT2D eigenvalue weighted by Gasteiger charge is -2.30. The van der Waals surface area contributed by atoms with Gasteiger partial charge < -0.3 is 25.2 Å². The summed E-state index contributed by atoms with van der Waals surface area (Å²) in [4.78, 5) is 27.6. The lowest BCUT2D eigenvalue weighted by atomic mass is 10.0. The number of carbonyl (C=O) groups excluding carboxylic acids is 1. The molecule has 1 amide bonds. The molecular formula is C24H32N6O2. The van der Waals surface area contributed by atoms with Crippen molar-refractivity contribution >= 4 is 17.4 Å². The maximum atomic E-state index is 13.6. The number of fused-ring (bicyclic) bond motifs is 1. The van der Waals surface area contributed by atoms with E-state index in [-0.39, 0.29) is 5.91 Å². The Bertz CT molecular complexity index is 998. The van der Waals surface area contributed by atoms with Crippen molar-refractivity contribution in [3.63, 3.8) is 0 Å². The number of hydrogen-bond acceptors (Lipinski definition) is 7. The van der Waals surface area contributed by atoms with Crippen LogP contribution in [0.15, 0.2) is 18.2 Å². The summed E-state index contributed by atoms with van der Waals surface area (Å²) >= 11 is 0. The minimum atomic E-state index is 0.00208. The molecule has 2 fully saturated rings. The molecule has 1 aromatic carbocycles. The fraction of sp³-hybridized carbons (Fsp3) is 0.542. The van der Waals surface area contributed by atoms with Crippen molar-refractivity contribution in [1.29, 1.82) is 0 Å². The van der Waals surface area contributed by atoms with Gasteiger partial charge in [-0.2, -0.15) is 0 Å². The number of methoxy groups -OCH3 is 1. The Hall–Kier alpha value is -2.87. The number of nitrogens with zero attached hydrogens (tertiary/aromatic N) is 4. The molecule has 0 bridgehead atoms. The van der Waals surface area contributed by atoms with Gasteiger partial charge in [0.15, 0.2) is 0 Å². The van der Waals surface area contributed by atoms with E-state index in [2.05, 4.69) is 21.6 Å². The number of aromatic nitrogens is 2. The maximum absolute atomic E-state index is 13.6. The number of ether oxygens (including phenoxy) is 1. The molecule has 1 atom stereocenters. The van der Waals surface area contributed by atoms with Crippen LogP contribution >= 0.6 is 0 Å². The lowest BCUT2D eigenvalue weighted by molar-refractivity contribution is 0.0728. The smallest absolute Gasteiger partial charge is 0.258 e. The molecule has 1 unspecified atom stereocenters. The number of carbonyl (C=O) groups is 1. The second-order valence-electron chi connectivity index (χ2n) is 8.85. The number of benzene rings is 1. The van der Waals surface area contributed by atoms with Crippen molar-refractivity contribution < 1.29 is 9.53 Å². The van der Waals surface area contributed by atoms with Gasteiger partial charge in [0.1, 0.15) is 17.4 Å². The summed E-state index contributed by atoms with van der Waals surface area (Å²) in [7, 11) is 3.53. The first kappa shape index (κ1) is 21.0. The Balaban J connectivity index is 1.43. The van der Waals surface area contributed by atoms with E-state index in [0.717, 1.165) is 67.6 Å². The number of amides is 1. The summed E-state index contributed by atoms with van der Waals surface area (Å²) in [6.45, 7) is 5.13. The fourth-order valence-corrected chi connectivity index (χ4v) is 5.09. The van der Waals surface area contributed by atoms with Crippen molar-refractivity contribution in [2.24, 2.45) is 0 Å². The predicted octanol–water partition coefficient (Wildman–Crippen LogP) is 2.40. The Morgan fingerprint density at radius 1 is 1.22 bits per heavy atom. The molecule has 0 radical (unpaired) electrons. The molecule has 3 aliphatic heterocycles. The highest BCUT2D eigenvalue weighted by Crippen LogP contribution is 2.31. The molecule has 5 rings (SSSR count). The van der Waals surface area contributed by atoms with Gasteiger partial charge in [0.25, 0.3) is 5.91 Å². The average Bonchev–Trinajstić information content (AvgIpc) is 3.57. The van der Waals surface area contributed by atoms with Crippen LogP contribution in [0.4, 0.5) is 11.5 Å². The van der Waals surface area contributed by atoms with Gasteiger partial charge in [-0.15, -0.1) is 0 Å². The van der Waals surface area contributed by atoms with E-state index >= 15 is 0 Å². The zero-order valence-corrected chi connectivity index (χ0v) is 19.0. The molecule has 170 valence electrons. The van der Waals surface area contributed by atoms with E-state index in [1.807, 2.05) is 24.1 Å². The molecule has 2 N–H and O–H groups in total. The quantitative estimate of drug-likeness (QED) is 0.745. The van der Waals surface area contributed by atoms with Gasteiger partial charge in [0.2, 0.25) is 0 Å². The molecule has 0 saturated carbocycles. The van der Waals surface area contributed by atoms with Crippen LogP contribution in [0.25, 0.3) is 0 Å². The standard InChI is InChI=1S/C24H32N6O2/c1-25-23-18-8-12-30(15-20(18)27-22(28-23)16-7-9-26-14-16)24(31)19-13-17(5-6-21(19)32-2)29-10-3-4-11-29/h5-6,13,16,26H,3-4,7-12,14-15H2,1-2H3,(H,25,27,28). The first-order valence-corrected chi connectivity index (χ1v) is 11.7. The van der Waals surface area contributed by atoms with Gasteiger partial charge in [-0.05, 0) is 50.4 Å². The Morgan fingerprint density at radius 3 is 2.78 bits per heavy atom. The number of nitrogens with one attached hydrogen (secondary N) is 2. The summed E-state index contributed by atoms with van der Waals surface area (Å²) < 4.78 is 5.56. The minimum absolute atomic E-state index is 0.00208. The van der Waals surface area contributed by atoms with E-state index in [4.69, 9.17) is 14.7 Å². The van der Waals surface area contributed by atoms with Crippen LogP contribution in [0.3, 0.4) is 0 Å². The van der Waals surface area contributed by atoms with Crippen molar-refractivity contribution in [2.45, 2.75) is 38.1 Å². The molecule has 1 aromatic heterocycles. The van der Waals surface area contributed by atoms with Crippen LogP contribution in [0.5, 0.6) is 5.75 Å². The second kappa shape index (κ2) is 8.94. The first-order valence-electron chi connectivity index (χ1n) is 11.7. The van der Waals surface area contributed by atoms with Crippen LogP contribution in [0.2, 0.25) is 0 Å². The molecule has 2 saturated heterocycles. The normalized spacial score (nSPS) is 20.4. The van der Waals surface area contributed by atoms with Gasteiger partial charge in [-0.25, -0.2) is 9.97 Å². The predicted molar refractivity (Wildman–Crippen MR) is 125 cm³/mol. The Labute approximate surface area is 189 Å². The van der Waals surface area contributed by atoms with Crippen LogP contribution in [-0.4, -0.2) is 67.7 Å². The van der Waals surface area contributed by atoms with Crippen LogP contribution in [0.1, 0.15) is 52.6 Å². The van der Waals surface area contributed by atoms with Gasteiger partial charge >= 0.3 is 0 Å². The monoisotopic (exact) mass is 436 g/mol. The highest BCUT2D eigenvalue weighted by atomic mass is 16.5. The molecule has 2 aromatic rings. The van der Waals surface area contributed by atoms with Crippen LogP contribution < -0.4 is 20.3 Å². The van der Waals surface area contributed by atoms with Crippen molar-refractivity contribution in [3.05, 3.63) is 40.8 Å². The summed E-state index contributed by atoms with van der Waals surface area (Å²) in [5, 5.41) is 6.65. The molecule has 32 heavy (non-hydrogen) atoms. The first-order chi connectivity index (χ1) is 15.7. The van der Waals surface area contributed by atoms with Gasteiger partial charge in [-0.1, -0.05) is 0 Å². The van der Waals surface area contributed by atoms with Crippen molar-refractivity contribution in [1.82, 2.24) is 20.2 Å². The summed E-state index contributed by atoms with van der Waals surface area (Å²) in [6.07, 6.45) is 4.19. The summed E-state index contributed by atoms with van der Waals surface area (Å²) in [5.74, 6) is 2.73. The average molecular weight is 437 g/mol. The van der Waals surface area contributed by atoms with Crippen LogP contribution in [0, 0.1) is 0 Å². The molecule has 4 heterocycles. The SMILES string of the molecule is CNc1nc(C2CCNC2)nc2c1CCN(C(=O)c1cc(N3CCCC3)ccc1OC)C2. The largest absolute Gasteiger partial charge is 0.496 e.